The highest BCUT2D eigenvalue weighted by molar-refractivity contribution is 7.99. The highest BCUT2D eigenvalue weighted by atomic mass is 35.5. The van der Waals surface area contributed by atoms with E-state index in [9.17, 15) is 4.79 Å². The van der Waals surface area contributed by atoms with Crippen molar-refractivity contribution in [3.8, 4) is 0 Å². The molecule has 20 heavy (non-hydrogen) atoms. The molecule has 5 heteroatoms. The average Bonchev–Trinajstić information content (AvgIpc) is 2.84. The van der Waals surface area contributed by atoms with Crippen LogP contribution >= 0.6 is 23.4 Å². The van der Waals surface area contributed by atoms with Crippen molar-refractivity contribution in [1.82, 2.24) is 10.2 Å². The Balaban J connectivity index is 1.62. The second-order valence-electron chi connectivity index (χ2n) is 5.31. The first-order valence-corrected chi connectivity index (χ1v) is 8.45. The number of benzene rings is 1. The molecule has 0 aliphatic carbocycles. The van der Waals surface area contributed by atoms with Crippen LogP contribution in [-0.4, -0.2) is 43.2 Å². The molecule has 1 aliphatic rings. The highest BCUT2D eigenvalue weighted by Gasteiger charge is 2.19. The predicted octanol–water partition coefficient (Wildman–Crippen LogP) is 2.64. The molecule has 1 aromatic rings. The largest absolute Gasteiger partial charge is 0.355 e. The van der Waals surface area contributed by atoms with Crippen LogP contribution in [0, 0.1) is 5.92 Å². The second kappa shape index (κ2) is 7.91. The van der Waals surface area contributed by atoms with Crippen LogP contribution in [0.1, 0.15) is 12.0 Å². The fourth-order valence-electron chi connectivity index (χ4n) is 2.37. The predicted molar refractivity (Wildman–Crippen MR) is 86.2 cm³/mol. The summed E-state index contributed by atoms with van der Waals surface area (Å²) in [6, 6.07) is 7.77. The van der Waals surface area contributed by atoms with Crippen molar-refractivity contribution in [2.75, 3.05) is 32.4 Å². The minimum atomic E-state index is 0.122. The topological polar surface area (TPSA) is 32.3 Å². The molecule has 0 saturated carbocycles. The molecule has 110 valence electrons. The van der Waals surface area contributed by atoms with Crippen LogP contribution in [0.5, 0.6) is 0 Å². The molecule has 1 saturated heterocycles. The Morgan fingerprint density at radius 3 is 3.00 bits per heavy atom. The maximum absolute atomic E-state index is 11.8. The summed E-state index contributed by atoms with van der Waals surface area (Å²) in [5.41, 5.74) is 1.09. The lowest BCUT2D eigenvalue weighted by Gasteiger charge is -2.11. The molecular formula is C15H21ClN2OS. The monoisotopic (exact) mass is 312 g/mol. The third-order valence-electron chi connectivity index (χ3n) is 3.53. The summed E-state index contributed by atoms with van der Waals surface area (Å²) < 4.78 is 0. The van der Waals surface area contributed by atoms with Gasteiger partial charge in [-0.25, -0.2) is 0 Å². The molecule has 1 amide bonds. The number of halogens is 1. The molecule has 0 aromatic heterocycles. The van der Waals surface area contributed by atoms with E-state index < -0.39 is 0 Å². The lowest BCUT2D eigenvalue weighted by molar-refractivity contribution is -0.118. The van der Waals surface area contributed by atoms with Gasteiger partial charge in [0.15, 0.2) is 0 Å². The van der Waals surface area contributed by atoms with E-state index in [0.29, 0.717) is 11.7 Å². The van der Waals surface area contributed by atoms with Crippen LogP contribution in [0.15, 0.2) is 24.3 Å². The average molecular weight is 313 g/mol. The molecule has 2 rings (SSSR count). The number of nitrogens with one attached hydrogen (secondary N) is 1. The standard InChI is InChI=1S/C15H21ClN2OS/c1-18-7-6-12(9-18)8-17-15(19)11-20-10-13-4-2-3-5-14(13)16/h2-5,12H,6-11H2,1H3,(H,17,19)/t12-/m1/s1. The van der Waals surface area contributed by atoms with Crippen molar-refractivity contribution in [1.29, 1.82) is 0 Å². The summed E-state index contributed by atoms with van der Waals surface area (Å²) in [5.74, 6) is 2.00. The summed E-state index contributed by atoms with van der Waals surface area (Å²) in [4.78, 5) is 14.1. The minimum absolute atomic E-state index is 0.122. The van der Waals surface area contributed by atoms with Gasteiger partial charge in [0.1, 0.15) is 0 Å². The zero-order valence-corrected chi connectivity index (χ0v) is 13.3. The number of amides is 1. The van der Waals surface area contributed by atoms with Gasteiger partial charge in [-0.3, -0.25) is 4.79 Å². The van der Waals surface area contributed by atoms with Crippen LogP contribution in [0.4, 0.5) is 0 Å². The highest BCUT2D eigenvalue weighted by Crippen LogP contribution is 2.20. The molecule has 0 radical (unpaired) electrons. The van der Waals surface area contributed by atoms with Gasteiger partial charge in [0, 0.05) is 23.9 Å². The van der Waals surface area contributed by atoms with Gasteiger partial charge in [0.05, 0.1) is 5.75 Å². The molecule has 0 unspecified atom stereocenters. The Kier molecular flexibility index (Phi) is 6.20. The summed E-state index contributed by atoms with van der Waals surface area (Å²) in [6.07, 6.45) is 1.18. The van der Waals surface area contributed by atoms with Crippen molar-refractivity contribution < 1.29 is 4.79 Å². The van der Waals surface area contributed by atoms with Gasteiger partial charge in [0.2, 0.25) is 5.91 Å². The number of thioether (sulfide) groups is 1. The zero-order valence-electron chi connectivity index (χ0n) is 11.8. The number of hydrogen-bond donors (Lipinski definition) is 1. The molecule has 0 spiro atoms. The number of hydrogen-bond acceptors (Lipinski definition) is 3. The van der Waals surface area contributed by atoms with Crippen molar-refractivity contribution in [2.24, 2.45) is 5.92 Å². The van der Waals surface area contributed by atoms with Gasteiger partial charge >= 0.3 is 0 Å². The summed E-state index contributed by atoms with van der Waals surface area (Å²) in [6.45, 7) is 3.03. The molecule has 1 fully saturated rings. The van der Waals surface area contributed by atoms with Crippen molar-refractivity contribution in [2.45, 2.75) is 12.2 Å². The third-order valence-corrected chi connectivity index (χ3v) is 4.88. The molecule has 1 aliphatic heterocycles. The van der Waals surface area contributed by atoms with Gasteiger partial charge in [-0.2, -0.15) is 0 Å². The molecular weight excluding hydrogens is 292 g/mol. The number of rotatable bonds is 6. The van der Waals surface area contributed by atoms with Crippen molar-refractivity contribution in [3.05, 3.63) is 34.9 Å². The number of nitrogens with zero attached hydrogens (tertiary/aromatic N) is 1. The second-order valence-corrected chi connectivity index (χ2v) is 6.70. The van der Waals surface area contributed by atoms with E-state index in [4.69, 9.17) is 11.6 Å². The van der Waals surface area contributed by atoms with E-state index in [2.05, 4.69) is 17.3 Å². The number of carbonyl (C=O) groups is 1. The van der Waals surface area contributed by atoms with Gasteiger partial charge in [-0.1, -0.05) is 29.8 Å². The smallest absolute Gasteiger partial charge is 0.230 e. The van der Waals surface area contributed by atoms with Gasteiger partial charge in [0.25, 0.3) is 0 Å². The zero-order chi connectivity index (χ0) is 14.4. The fraction of sp³-hybridized carbons (Fsp3) is 0.533. The molecule has 1 aromatic carbocycles. The van der Waals surface area contributed by atoms with E-state index in [0.717, 1.165) is 36.0 Å². The van der Waals surface area contributed by atoms with Crippen molar-refractivity contribution in [3.63, 3.8) is 0 Å². The normalized spacial score (nSPS) is 19.2. The van der Waals surface area contributed by atoms with E-state index in [1.165, 1.54) is 6.42 Å². The van der Waals surface area contributed by atoms with Gasteiger partial charge in [-0.05, 0) is 37.6 Å². The Morgan fingerprint density at radius 1 is 1.50 bits per heavy atom. The van der Waals surface area contributed by atoms with Crippen LogP contribution in [0.25, 0.3) is 0 Å². The van der Waals surface area contributed by atoms with E-state index in [1.54, 1.807) is 11.8 Å². The summed E-state index contributed by atoms with van der Waals surface area (Å²) in [5, 5.41) is 3.80. The molecule has 3 nitrogen and oxygen atoms in total. The SMILES string of the molecule is CN1CC[C@H](CNC(=O)CSCc2ccccc2Cl)C1. The summed E-state index contributed by atoms with van der Waals surface area (Å²) >= 11 is 7.69. The Labute approximate surface area is 130 Å². The van der Waals surface area contributed by atoms with E-state index >= 15 is 0 Å². The first-order valence-electron chi connectivity index (χ1n) is 6.91. The number of likely N-dealkylation sites (tertiary alicyclic amines) is 1. The lowest BCUT2D eigenvalue weighted by Crippen LogP contribution is -2.31. The fourth-order valence-corrected chi connectivity index (χ4v) is 3.51. The molecule has 1 N–H and O–H groups in total. The Morgan fingerprint density at radius 2 is 2.30 bits per heavy atom. The Hall–Kier alpha value is -0.710. The van der Waals surface area contributed by atoms with E-state index in [-0.39, 0.29) is 5.91 Å². The van der Waals surface area contributed by atoms with Crippen LogP contribution in [0.3, 0.4) is 0 Å². The lowest BCUT2D eigenvalue weighted by atomic mass is 10.1. The maximum Gasteiger partial charge on any atom is 0.230 e. The molecule has 1 heterocycles. The first kappa shape index (κ1) is 15.7. The van der Waals surface area contributed by atoms with Gasteiger partial charge < -0.3 is 10.2 Å². The maximum atomic E-state index is 11.8. The van der Waals surface area contributed by atoms with Crippen molar-refractivity contribution >= 4 is 29.3 Å². The molecule has 1 atom stereocenters. The van der Waals surface area contributed by atoms with Crippen LogP contribution in [0.2, 0.25) is 5.02 Å². The Bertz CT molecular complexity index is 455. The van der Waals surface area contributed by atoms with Crippen LogP contribution < -0.4 is 5.32 Å². The minimum Gasteiger partial charge on any atom is -0.355 e. The molecule has 0 bridgehead atoms. The van der Waals surface area contributed by atoms with Crippen LogP contribution in [-0.2, 0) is 10.5 Å². The van der Waals surface area contributed by atoms with E-state index in [1.807, 2.05) is 24.3 Å². The quantitative estimate of drug-likeness (QED) is 0.876. The number of carbonyl (C=O) groups excluding carboxylic acids is 1. The first-order chi connectivity index (χ1) is 9.65. The third kappa shape index (κ3) is 5.00. The summed E-state index contributed by atoms with van der Waals surface area (Å²) in [7, 11) is 2.13. The van der Waals surface area contributed by atoms with Gasteiger partial charge in [-0.15, -0.1) is 11.8 Å².